The minimum Gasteiger partial charge on any atom is -0.481 e. The first-order valence-electron chi connectivity index (χ1n) is 22.1. The van der Waals surface area contributed by atoms with Crippen LogP contribution in [-0.4, -0.2) is 118 Å². The van der Waals surface area contributed by atoms with Gasteiger partial charge in [-0.2, -0.15) is 0 Å². The van der Waals surface area contributed by atoms with Crippen molar-refractivity contribution in [2.24, 2.45) is 0 Å². The summed E-state index contributed by atoms with van der Waals surface area (Å²) >= 11 is 16.9. The third-order valence-electron chi connectivity index (χ3n) is 11.1. The summed E-state index contributed by atoms with van der Waals surface area (Å²) in [5.74, 6) is -0.572. The fraction of sp³-hybridized carbons (Fsp3) is 0.447. The summed E-state index contributed by atoms with van der Waals surface area (Å²) in [6, 6.07) is 12.1. The number of methoxy groups -OCH3 is 1. The van der Waals surface area contributed by atoms with E-state index in [9.17, 15) is 37.7 Å². The van der Waals surface area contributed by atoms with Crippen molar-refractivity contribution in [1.82, 2.24) is 10.2 Å². The number of halogens is 4. The van der Waals surface area contributed by atoms with E-state index >= 15 is 0 Å². The summed E-state index contributed by atoms with van der Waals surface area (Å²) in [6.45, 7) is 7.66. The normalized spacial score (nSPS) is 16.9. The molecule has 24 heteroatoms. The highest BCUT2D eigenvalue weighted by atomic mass is 35.5. The van der Waals surface area contributed by atoms with Crippen molar-refractivity contribution in [2.45, 2.75) is 82.9 Å². The third-order valence-corrected chi connectivity index (χ3v) is 12.3. The number of hydrogen-bond donors (Lipinski definition) is 4. The van der Waals surface area contributed by atoms with Crippen LogP contribution in [0.3, 0.4) is 0 Å². The van der Waals surface area contributed by atoms with Gasteiger partial charge in [0.1, 0.15) is 35.9 Å². The standard InChI is InChI=1S/C19H15FN2O4.C14H20ClNO2.C11H13Cl2NO3.C3H8NO5P/c1-2-7-21-15-9-14(13(20)8-16(15)26-10-17(21)23)22-18(24)11-5-3-4-6-12(11)19(22)25;1-4-11-7-6-8-12(5-2)14(11)16(10-18-3)13(17)9-15;1-11(2)14(10(15)9(12)13)6-8(17-11)7-4-3-5-16-7;5-3(6)1-4-2-10(7,8)9/h1,8-9H,3-7,10H2;6-8H,4-5,9-10H2,1-3H3;3-5,8-9H,6H2,1-2H3;4H,1-2H2,(H,5,6)(H2,7,8,9). The molecule has 1 aliphatic carbocycles. The lowest BCUT2D eigenvalue weighted by molar-refractivity contribution is -0.144. The molecule has 1 fully saturated rings. The summed E-state index contributed by atoms with van der Waals surface area (Å²) in [7, 11) is -2.52. The maximum absolute atomic E-state index is 14.7. The zero-order valence-electron chi connectivity index (χ0n) is 39.6. The number of anilines is 3. The van der Waals surface area contributed by atoms with Crippen molar-refractivity contribution in [3.8, 4) is 18.1 Å². The minimum absolute atomic E-state index is 0.0170. The van der Waals surface area contributed by atoms with Crippen molar-refractivity contribution in [3.63, 3.8) is 0 Å². The molecule has 1 saturated heterocycles. The molecule has 0 bridgehead atoms. The number of terminal acetylenes is 1. The summed E-state index contributed by atoms with van der Waals surface area (Å²) in [5, 5.41) is 10.1. The molecule has 7 rings (SSSR count). The van der Waals surface area contributed by atoms with E-state index in [1.54, 1.807) is 38.2 Å². The van der Waals surface area contributed by atoms with Gasteiger partial charge in [0.05, 0.1) is 49.2 Å². The van der Waals surface area contributed by atoms with E-state index in [1.165, 1.54) is 15.9 Å². The summed E-state index contributed by atoms with van der Waals surface area (Å²) in [6.07, 6.45) is 10.5. The Morgan fingerprint density at radius 2 is 1.65 bits per heavy atom. The molecule has 1 aromatic heterocycles. The van der Waals surface area contributed by atoms with Crippen LogP contribution in [0.1, 0.15) is 76.4 Å². The lowest BCUT2D eigenvalue weighted by Gasteiger charge is -2.29. The number of fused-ring (bicyclic) bond motifs is 1. The highest BCUT2D eigenvalue weighted by Crippen LogP contribution is 2.42. The summed E-state index contributed by atoms with van der Waals surface area (Å²) in [5.41, 5.74) is 3.49. The lowest BCUT2D eigenvalue weighted by Crippen LogP contribution is -2.45. The topological polar surface area (TPSA) is 246 Å². The van der Waals surface area contributed by atoms with E-state index in [-0.39, 0.29) is 66.7 Å². The van der Waals surface area contributed by atoms with Gasteiger partial charge in [-0.3, -0.25) is 48.4 Å². The number of rotatable bonds is 14. The number of amides is 5. The minimum atomic E-state index is -4.10. The fourth-order valence-corrected chi connectivity index (χ4v) is 8.65. The molecular formula is C47H56Cl3FN5O14P. The van der Waals surface area contributed by atoms with Crippen LogP contribution in [0, 0.1) is 18.2 Å². The van der Waals surface area contributed by atoms with E-state index in [0.29, 0.717) is 36.3 Å². The van der Waals surface area contributed by atoms with Gasteiger partial charge in [-0.25, -0.2) is 9.29 Å². The van der Waals surface area contributed by atoms with Gasteiger partial charge in [0.2, 0.25) is 5.91 Å². The number of aryl methyl sites for hydroxylation is 2. The number of hydrogen-bond acceptors (Lipinski definition) is 12. The quantitative estimate of drug-likeness (QED) is 0.0447. The second-order valence-electron chi connectivity index (χ2n) is 16.3. The van der Waals surface area contributed by atoms with Crippen molar-refractivity contribution >= 4 is 95.0 Å². The van der Waals surface area contributed by atoms with Crippen LogP contribution in [0.15, 0.2) is 64.3 Å². The van der Waals surface area contributed by atoms with Crippen molar-refractivity contribution < 1.29 is 71.2 Å². The zero-order chi connectivity index (χ0) is 52.8. The van der Waals surface area contributed by atoms with Gasteiger partial charge in [-0.05, 0) is 81.7 Å². The number of alkyl halides is 3. The molecule has 0 saturated carbocycles. The second kappa shape index (κ2) is 26.4. The number of carbonyl (C=O) groups excluding carboxylic acids is 5. The molecule has 1 unspecified atom stereocenters. The lowest BCUT2D eigenvalue weighted by atomic mass is 9.93. The van der Waals surface area contributed by atoms with Crippen LogP contribution in [0.4, 0.5) is 21.5 Å². The molecule has 4 N–H and O–H groups in total. The molecule has 4 aliphatic rings. The number of imide groups is 1. The molecule has 0 spiro atoms. The van der Waals surface area contributed by atoms with Gasteiger partial charge in [0, 0.05) is 24.3 Å². The molecule has 3 aliphatic heterocycles. The number of furan rings is 1. The number of benzene rings is 2. The Morgan fingerprint density at radius 3 is 2.14 bits per heavy atom. The molecule has 71 heavy (non-hydrogen) atoms. The molecule has 4 heterocycles. The highest BCUT2D eigenvalue weighted by molar-refractivity contribution is 7.51. The molecule has 2 aromatic carbocycles. The number of nitrogens with zero attached hydrogens (tertiary/aromatic N) is 4. The summed E-state index contributed by atoms with van der Waals surface area (Å²) < 4.78 is 46.2. The number of carboxylic acids is 1. The third kappa shape index (κ3) is 15.1. The summed E-state index contributed by atoms with van der Waals surface area (Å²) in [4.78, 5) is 91.5. The second-order valence-corrected chi connectivity index (χ2v) is 19.3. The first kappa shape index (κ1) is 58.2. The van der Waals surface area contributed by atoms with E-state index in [1.807, 2.05) is 24.3 Å². The Kier molecular flexibility index (Phi) is 21.6. The van der Waals surface area contributed by atoms with E-state index in [4.69, 9.17) is 74.7 Å². The molecule has 0 radical (unpaired) electrons. The van der Waals surface area contributed by atoms with E-state index < -0.39 is 54.6 Å². The number of aliphatic carboxylic acids is 1. The first-order valence-corrected chi connectivity index (χ1v) is 25.3. The monoisotopic (exact) mass is 1070 g/mol. The van der Waals surface area contributed by atoms with Gasteiger partial charge >= 0.3 is 13.6 Å². The number of carbonyl (C=O) groups is 6. The maximum Gasteiger partial charge on any atom is 0.339 e. The van der Waals surface area contributed by atoms with Crippen molar-refractivity contribution in [2.75, 3.05) is 66.9 Å². The van der Waals surface area contributed by atoms with E-state index in [0.717, 1.165) is 53.5 Å². The van der Waals surface area contributed by atoms with Crippen molar-refractivity contribution in [3.05, 3.63) is 82.6 Å². The van der Waals surface area contributed by atoms with Crippen LogP contribution in [-0.2, 0) is 55.6 Å². The largest absolute Gasteiger partial charge is 0.481 e. The van der Waals surface area contributed by atoms with Gasteiger partial charge < -0.3 is 38.4 Å². The van der Waals surface area contributed by atoms with E-state index in [2.05, 4.69) is 25.1 Å². The van der Waals surface area contributed by atoms with Crippen LogP contribution in [0.25, 0.3) is 0 Å². The van der Waals surface area contributed by atoms with Gasteiger partial charge in [0.25, 0.3) is 23.6 Å². The van der Waals surface area contributed by atoms with Crippen LogP contribution in [0.5, 0.6) is 5.75 Å². The fourth-order valence-electron chi connectivity index (χ4n) is 7.87. The number of nitrogens with one attached hydrogen (secondary N) is 1. The average Bonchev–Trinajstić information content (AvgIpc) is 4.05. The van der Waals surface area contributed by atoms with Gasteiger partial charge in [0.15, 0.2) is 17.3 Å². The smallest absolute Gasteiger partial charge is 0.339 e. The molecular weight excluding hydrogens is 1010 g/mol. The van der Waals surface area contributed by atoms with Crippen LogP contribution >= 0.6 is 42.4 Å². The molecule has 1 atom stereocenters. The average molecular weight is 1070 g/mol. The highest BCUT2D eigenvalue weighted by Gasteiger charge is 2.45. The zero-order valence-corrected chi connectivity index (χ0v) is 42.8. The van der Waals surface area contributed by atoms with Gasteiger partial charge in [-0.15, -0.1) is 18.0 Å². The first-order chi connectivity index (χ1) is 33.5. The predicted octanol–water partition coefficient (Wildman–Crippen LogP) is 6.43. The molecule has 386 valence electrons. The van der Waals surface area contributed by atoms with Crippen LogP contribution < -0.4 is 24.8 Å². The maximum atomic E-state index is 14.7. The van der Waals surface area contributed by atoms with Crippen LogP contribution in [0.2, 0.25) is 0 Å². The molecule has 3 aromatic rings. The van der Waals surface area contributed by atoms with Gasteiger partial charge in [-0.1, -0.05) is 61.2 Å². The molecule has 19 nitrogen and oxygen atoms in total. The number of carboxylic acid groups (broad SMARTS) is 1. The predicted molar refractivity (Wildman–Crippen MR) is 263 cm³/mol. The SMILES string of the molecule is C#CCN1C(=O)COc2cc(F)c(N3C(=O)C4=C(CCCC4)C3=O)cc21.CC1(C)OC(c2ccco2)CN1C(=O)C(Cl)Cl.CCc1cccc(CC)c1N(COC)C(=O)CCl.O=C(O)CNCP(=O)(O)O. The number of ether oxygens (including phenoxy) is 3. The Hall–Kier alpha value is -5.33. The van der Waals surface area contributed by atoms with Crippen molar-refractivity contribution in [1.29, 1.82) is 0 Å². The Morgan fingerprint density at radius 1 is 1.03 bits per heavy atom. The Bertz CT molecular complexity index is 2500. The molecule has 5 amide bonds. The Balaban J connectivity index is 0.000000217. The Labute approximate surface area is 425 Å². The number of para-hydroxylation sites is 1.